The van der Waals surface area contributed by atoms with Crippen LogP contribution in [0, 0.1) is 6.07 Å². The molecular formula is C14H17O2. The van der Waals surface area contributed by atoms with Crippen LogP contribution in [-0.2, 0) is 9.47 Å². The number of hydrogen-bond acceptors (Lipinski definition) is 2. The highest BCUT2D eigenvalue weighted by Gasteiger charge is 2.26. The fourth-order valence-corrected chi connectivity index (χ4v) is 2.67. The monoisotopic (exact) mass is 217 g/mol. The van der Waals surface area contributed by atoms with E-state index in [-0.39, 0.29) is 12.2 Å². The van der Waals surface area contributed by atoms with Gasteiger partial charge in [-0.15, -0.1) is 0 Å². The normalized spacial score (nSPS) is 29.8. The highest BCUT2D eigenvalue weighted by molar-refractivity contribution is 5.31. The Hall–Kier alpha value is -0.860. The highest BCUT2D eigenvalue weighted by atomic mass is 16.5. The molecule has 2 saturated heterocycles. The van der Waals surface area contributed by atoms with Crippen molar-refractivity contribution in [3.05, 3.63) is 35.4 Å². The van der Waals surface area contributed by atoms with Gasteiger partial charge in [0.25, 0.3) is 0 Å². The Kier molecular flexibility index (Phi) is 2.94. The van der Waals surface area contributed by atoms with E-state index in [0.717, 1.165) is 26.1 Å². The Balaban J connectivity index is 1.90. The third-order valence-corrected chi connectivity index (χ3v) is 3.48. The minimum Gasteiger partial charge on any atom is -0.374 e. The first kappa shape index (κ1) is 10.3. The average Bonchev–Trinajstić information content (AvgIpc) is 3.03. The summed E-state index contributed by atoms with van der Waals surface area (Å²) in [5.41, 5.74) is 2.62. The Morgan fingerprint density at radius 1 is 1.00 bits per heavy atom. The molecule has 2 nitrogen and oxygen atoms in total. The maximum Gasteiger partial charge on any atom is 0.0829 e. The van der Waals surface area contributed by atoms with Gasteiger partial charge in [-0.25, -0.2) is 0 Å². The van der Waals surface area contributed by atoms with Gasteiger partial charge >= 0.3 is 0 Å². The zero-order chi connectivity index (χ0) is 10.8. The van der Waals surface area contributed by atoms with Crippen molar-refractivity contribution in [1.82, 2.24) is 0 Å². The topological polar surface area (TPSA) is 18.5 Å². The lowest BCUT2D eigenvalue weighted by atomic mass is 9.95. The zero-order valence-electron chi connectivity index (χ0n) is 9.45. The minimum atomic E-state index is 0.275. The Morgan fingerprint density at radius 2 is 1.69 bits per heavy atom. The van der Waals surface area contributed by atoms with Crippen molar-refractivity contribution in [2.45, 2.75) is 37.9 Å². The molecule has 2 fully saturated rings. The van der Waals surface area contributed by atoms with Gasteiger partial charge in [0.1, 0.15) is 0 Å². The number of ether oxygens (including phenoxy) is 2. The van der Waals surface area contributed by atoms with Crippen molar-refractivity contribution in [2.75, 3.05) is 13.2 Å². The van der Waals surface area contributed by atoms with E-state index in [1.54, 1.807) is 0 Å². The summed E-state index contributed by atoms with van der Waals surface area (Å²) in [5.74, 6) is 0. The number of hydrogen-bond donors (Lipinski definition) is 0. The molecule has 1 radical (unpaired) electrons. The van der Waals surface area contributed by atoms with Crippen LogP contribution >= 0.6 is 0 Å². The van der Waals surface area contributed by atoms with E-state index in [4.69, 9.17) is 9.47 Å². The standard InChI is InChI=1S/C14H17O2/c1-2-6-12(14-8-4-10-16-14)11(5-1)13-7-3-9-15-13/h1,5-6,13-14H,3-4,7-10H2. The van der Waals surface area contributed by atoms with E-state index < -0.39 is 0 Å². The van der Waals surface area contributed by atoms with E-state index in [2.05, 4.69) is 18.2 Å². The smallest absolute Gasteiger partial charge is 0.0829 e. The molecule has 2 aliphatic heterocycles. The van der Waals surface area contributed by atoms with Gasteiger partial charge in [-0.3, -0.25) is 0 Å². The minimum absolute atomic E-state index is 0.275. The summed E-state index contributed by atoms with van der Waals surface area (Å²) in [6, 6.07) is 9.37. The molecule has 0 saturated carbocycles. The Bertz CT molecular complexity index is 315. The van der Waals surface area contributed by atoms with Gasteiger partial charge < -0.3 is 9.47 Å². The van der Waals surface area contributed by atoms with E-state index >= 15 is 0 Å². The van der Waals surface area contributed by atoms with Crippen molar-refractivity contribution < 1.29 is 9.47 Å². The quantitative estimate of drug-likeness (QED) is 0.757. The lowest BCUT2D eigenvalue weighted by molar-refractivity contribution is 0.0941. The molecule has 85 valence electrons. The van der Waals surface area contributed by atoms with Crippen LogP contribution in [0.5, 0.6) is 0 Å². The molecule has 0 aliphatic carbocycles. The van der Waals surface area contributed by atoms with Crippen LogP contribution in [0.4, 0.5) is 0 Å². The van der Waals surface area contributed by atoms with Crippen LogP contribution in [0.25, 0.3) is 0 Å². The molecule has 0 aromatic heterocycles. The van der Waals surface area contributed by atoms with Crippen molar-refractivity contribution in [1.29, 1.82) is 0 Å². The van der Waals surface area contributed by atoms with Gasteiger partial charge in [-0.2, -0.15) is 0 Å². The first-order valence-corrected chi connectivity index (χ1v) is 6.18. The number of benzene rings is 1. The van der Waals surface area contributed by atoms with E-state index in [9.17, 15) is 0 Å². The first-order valence-electron chi connectivity index (χ1n) is 6.18. The van der Waals surface area contributed by atoms with Gasteiger partial charge in [-0.1, -0.05) is 12.1 Å². The molecule has 1 aromatic rings. The van der Waals surface area contributed by atoms with E-state index in [0.29, 0.717) is 0 Å². The molecule has 0 bridgehead atoms. The maximum atomic E-state index is 5.77. The molecule has 0 N–H and O–H groups in total. The predicted molar refractivity (Wildman–Crippen MR) is 61.1 cm³/mol. The second kappa shape index (κ2) is 4.56. The second-order valence-corrected chi connectivity index (χ2v) is 4.56. The maximum absolute atomic E-state index is 5.77. The fraction of sp³-hybridized carbons (Fsp3) is 0.571. The van der Waals surface area contributed by atoms with Gasteiger partial charge in [0.15, 0.2) is 0 Å². The highest BCUT2D eigenvalue weighted by Crippen LogP contribution is 2.37. The lowest BCUT2D eigenvalue weighted by Gasteiger charge is -2.18. The first-order chi connectivity index (χ1) is 7.95. The summed E-state index contributed by atoms with van der Waals surface area (Å²) in [5, 5.41) is 0. The Morgan fingerprint density at radius 3 is 2.31 bits per heavy atom. The molecule has 2 aliphatic rings. The molecule has 2 unspecified atom stereocenters. The van der Waals surface area contributed by atoms with Crippen LogP contribution < -0.4 is 0 Å². The molecule has 2 heteroatoms. The second-order valence-electron chi connectivity index (χ2n) is 4.56. The summed E-state index contributed by atoms with van der Waals surface area (Å²) in [7, 11) is 0. The van der Waals surface area contributed by atoms with Crippen LogP contribution in [0.3, 0.4) is 0 Å². The molecule has 0 spiro atoms. The predicted octanol–water partition coefficient (Wildman–Crippen LogP) is 3.19. The number of rotatable bonds is 2. The van der Waals surface area contributed by atoms with E-state index in [1.807, 2.05) is 6.07 Å². The summed E-state index contributed by atoms with van der Waals surface area (Å²) < 4.78 is 11.5. The molecule has 0 amide bonds. The fourth-order valence-electron chi connectivity index (χ4n) is 2.67. The average molecular weight is 217 g/mol. The molecule has 1 aromatic carbocycles. The van der Waals surface area contributed by atoms with Crippen LogP contribution in [0.2, 0.25) is 0 Å². The summed E-state index contributed by atoms with van der Waals surface area (Å²) in [6.07, 6.45) is 5.19. The van der Waals surface area contributed by atoms with Crippen molar-refractivity contribution in [2.24, 2.45) is 0 Å². The molecule has 2 atom stereocenters. The van der Waals surface area contributed by atoms with Crippen molar-refractivity contribution >= 4 is 0 Å². The van der Waals surface area contributed by atoms with E-state index in [1.165, 1.54) is 24.0 Å². The van der Waals surface area contributed by atoms with Crippen LogP contribution in [0.15, 0.2) is 18.2 Å². The van der Waals surface area contributed by atoms with Gasteiger partial charge in [-0.05, 0) is 48.9 Å². The summed E-state index contributed by atoms with van der Waals surface area (Å²) in [4.78, 5) is 0. The Labute approximate surface area is 96.6 Å². The lowest BCUT2D eigenvalue weighted by Crippen LogP contribution is -2.05. The SMILES string of the molecule is [c]1ccc(C2CCCO2)c(C2CCCO2)c1. The largest absolute Gasteiger partial charge is 0.374 e. The third-order valence-electron chi connectivity index (χ3n) is 3.48. The molecule has 16 heavy (non-hydrogen) atoms. The molecule has 3 rings (SSSR count). The summed E-state index contributed by atoms with van der Waals surface area (Å²) >= 11 is 0. The molecule has 2 heterocycles. The van der Waals surface area contributed by atoms with Gasteiger partial charge in [0, 0.05) is 13.2 Å². The van der Waals surface area contributed by atoms with Crippen LogP contribution in [-0.4, -0.2) is 13.2 Å². The van der Waals surface area contributed by atoms with Crippen LogP contribution in [0.1, 0.15) is 49.0 Å². The molecular weight excluding hydrogens is 200 g/mol. The summed E-state index contributed by atoms with van der Waals surface area (Å²) in [6.45, 7) is 1.79. The third kappa shape index (κ3) is 1.87. The zero-order valence-corrected chi connectivity index (χ0v) is 9.45. The van der Waals surface area contributed by atoms with Crippen molar-refractivity contribution in [3.8, 4) is 0 Å². The van der Waals surface area contributed by atoms with Crippen molar-refractivity contribution in [3.63, 3.8) is 0 Å². The van der Waals surface area contributed by atoms with Gasteiger partial charge in [0.05, 0.1) is 12.2 Å². The van der Waals surface area contributed by atoms with Gasteiger partial charge in [0.2, 0.25) is 0 Å².